The summed E-state index contributed by atoms with van der Waals surface area (Å²) in [5, 5.41) is 12.1. The summed E-state index contributed by atoms with van der Waals surface area (Å²) in [5.41, 5.74) is -0.639. The molecule has 1 heterocycles. The summed E-state index contributed by atoms with van der Waals surface area (Å²) in [6.45, 7) is 14.8. The molecule has 1 aliphatic rings. The monoisotopic (exact) mass is 540 g/mol. The van der Waals surface area contributed by atoms with E-state index in [0.717, 1.165) is 10.4 Å². The van der Waals surface area contributed by atoms with Crippen molar-refractivity contribution in [1.82, 2.24) is 9.80 Å². The van der Waals surface area contributed by atoms with Gasteiger partial charge in [0.2, 0.25) is 5.91 Å². The lowest BCUT2D eigenvalue weighted by Crippen LogP contribution is -2.68. The first kappa shape index (κ1) is 29.9. The minimum atomic E-state index is -2.81. The molecule has 0 radical (unpaired) electrons. The van der Waals surface area contributed by atoms with Crippen molar-refractivity contribution in [1.29, 1.82) is 0 Å². The molecular weight excluding hydrogens is 496 g/mol. The van der Waals surface area contributed by atoms with Crippen LogP contribution in [0.3, 0.4) is 0 Å². The van der Waals surface area contributed by atoms with Crippen LogP contribution in [0.15, 0.2) is 60.7 Å². The maximum absolute atomic E-state index is 13.5. The standard InChI is InChI=1S/C30H44N2O5Si/c1-23-27(34)32(20-19-31(23)28(35)37-29(2,3)4)24(18-21-33)22-36-38(30(5,6)7,25-14-10-8-11-15-25)26-16-12-9-13-17-26/h8-17,23-24,33H,18-22H2,1-7H3/t23-,24-/m0/s1. The van der Waals surface area contributed by atoms with Crippen LogP contribution in [-0.4, -0.2) is 79.2 Å². The van der Waals surface area contributed by atoms with Crippen LogP contribution >= 0.6 is 0 Å². The Hall–Kier alpha value is -2.68. The van der Waals surface area contributed by atoms with Gasteiger partial charge in [-0.05, 0) is 49.5 Å². The Morgan fingerprint density at radius 1 is 0.974 bits per heavy atom. The Labute approximate surface area is 228 Å². The van der Waals surface area contributed by atoms with E-state index in [-0.39, 0.29) is 23.6 Å². The molecule has 8 heteroatoms. The van der Waals surface area contributed by atoms with Crippen LogP contribution in [0.25, 0.3) is 0 Å². The van der Waals surface area contributed by atoms with Crippen molar-refractivity contribution in [2.24, 2.45) is 0 Å². The molecule has 0 bridgehead atoms. The summed E-state index contributed by atoms with van der Waals surface area (Å²) in [5.74, 6) is -0.161. The number of nitrogens with zero attached hydrogens (tertiary/aromatic N) is 2. The van der Waals surface area contributed by atoms with Gasteiger partial charge in [0.25, 0.3) is 8.32 Å². The lowest BCUT2D eigenvalue weighted by atomic mass is 10.1. The number of hydrogen-bond acceptors (Lipinski definition) is 5. The lowest BCUT2D eigenvalue weighted by Gasteiger charge is -2.46. The highest BCUT2D eigenvalue weighted by atomic mass is 28.4. The second-order valence-electron chi connectivity index (χ2n) is 12.0. The second-order valence-corrected chi connectivity index (χ2v) is 16.3. The van der Waals surface area contributed by atoms with Gasteiger partial charge in [-0.15, -0.1) is 0 Å². The fourth-order valence-corrected chi connectivity index (χ4v) is 9.88. The molecular formula is C30H44N2O5Si. The van der Waals surface area contributed by atoms with Gasteiger partial charge in [-0.2, -0.15) is 0 Å². The summed E-state index contributed by atoms with van der Waals surface area (Å²) in [4.78, 5) is 29.5. The van der Waals surface area contributed by atoms with Crippen LogP contribution in [-0.2, 0) is 14.0 Å². The van der Waals surface area contributed by atoms with Crippen LogP contribution in [0.5, 0.6) is 0 Å². The zero-order valence-electron chi connectivity index (χ0n) is 23.9. The van der Waals surface area contributed by atoms with Gasteiger partial charge in [-0.1, -0.05) is 81.4 Å². The van der Waals surface area contributed by atoms with E-state index in [0.29, 0.717) is 26.1 Å². The molecule has 38 heavy (non-hydrogen) atoms. The predicted octanol–water partition coefficient (Wildman–Crippen LogP) is 3.78. The minimum Gasteiger partial charge on any atom is -0.444 e. The molecule has 0 spiro atoms. The number of carbonyl (C=O) groups is 2. The fourth-order valence-electron chi connectivity index (χ4n) is 5.29. The zero-order valence-corrected chi connectivity index (χ0v) is 24.9. The molecule has 0 unspecified atom stereocenters. The van der Waals surface area contributed by atoms with E-state index in [9.17, 15) is 14.7 Å². The third-order valence-electron chi connectivity index (χ3n) is 7.13. The van der Waals surface area contributed by atoms with E-state index < -0.39 is 26.1 Å². The number of hydrogen-bond donors (Lipinski definition) is 1. The molecule has 2 aromatic carbocycles. The molecule has 0 aromatic heterocycles. The topological polar surface area (TPSA) is 79.3 Å². The molecule has 2 atom stereocenters. The largest absolute Gasteiger partial charge is 0.444 e. The summed E-state index contributed by atoms with van der Waals surface area (Å²) in [7, 11) is -2.81. The van der Waals surface area contributed by atoms with Gasteiger partial charge < -0.3 is 19.2 Å². The van der Waals surface area contributed by atoms with Crippen molar-refractivity contribution in [2.75, 3.05) is 26.3 Å². The Balaban J connectivity index is 1.91. The van der Waals surface area contributed by atoms with Gasteiger partial charge in [0, 0.05) is 19.7 Å². The molecule has 1 N–H and O–H groups in total. The van der Waals surface area contributed by atoms with Gasteiger partial charge in [-0.3, -0.25) is 9.69 Å². The van der Waals surface area contributed by atoms with Crippen molar-refractivity contribution in [3.8, 4) is 0 Å². The predicted molar refractivity (Wildman–Crippen MR) is 153 cm³/mol. The van der Waals surface area contributed by atoms with Gasteiger partial charge in [0.1, 0.15) is 11.6 Å². The maximum atomic E-state index is 13.5. The van der Waals surface area contributed by atoms with Crippen molar-refractivity contribution in [3.05, 3.63) is 60.7 Å². The molecule has 7 nitrogen and oxygen atoms in total. The Morgan fingerprint density at radius 3 is 1.95 bits per heavy atom. The van der Waals surface area contributed by atoms with E-state index in [1.807, 2.05) is 57.2 Å². The molecule has 1 aliphatic heterocycles. The first-order valence-electron chi connectivity index (χ1n) is 13.5. The number of aliphatic hydroxyl groups excluding tert-OH is 1. The van der Waals surface area contributed by atoms with E-state index in [1.165, 1.54) is 4.90 Å². The lowest BCUT2D eigenvalue weighted by molar-refractivity contribution is -0.144. The summed E-state index contributed by atoms with van der Waals surface area (Å²) >= 11 is 0. The van der Waals surface area contributed by atoms with Gasteiger partial charge in [-0.25, -0.2) is 4.79 Å². The molecule has 208 valence electrons. The molecule has 3 rings (SSSR count). The maximum Gasteiger partial charge on any atom is 0.411 e. The summed E-state index contributed by atoms with van der Waals surface area (Å²) < 4.78 is 12.6. The molecule has 0 aliphatic carbocycles. The number of benzene rings is 2. The number of piperazine rings is 1. The normalized spacial score (nSPS) is 17.9. The van der Waals surface area contributed by atoms with Crippen LogP contribution < -0.4 is 10.4 Å². The highest BCUT2D eigenvalue weighted by Crippen LogP contribution is 2.37. The first-order chi connectivity index (χ1) is 17.8. The zero-order chi connectivity index (χ0) is 28.1. The van der Waals surface area contributed by atoms with E-state index in [4.69, 9.17) is 9.16 Å². The smallest absolute Gasteiger partial charge is 0.411 e. The number of ether oxygens (including phenoxy) is 1. The van der Waals surface area contributed by atoms with E-state index >= 15 is 0 Å². The van der Waals surface area contributed by atoms with Crippen molar-refractivity contribution in [2.45, 2.75) is 77.6 Å². The van der Waals surface area contributed by atoms with E-state index in [1.54, 1.807) is 11.8 Å². The fraction of sp³-hybridized carbons (Fsp3) is 0.533. The second kappa shape index (κ2) is 12.0. The first-order valence-corrected chi connectivity index (χ1v) is 15.4. The summed E-state index contributed by atoms with van der Waals surface area (Å²) in [6.07, 6.45) is -0.0939. The van der Waals surface area contributed by atoms with Crippen molar-refractivity contribution >= 4 is 30.7 Å². The SMILES string of the molecule is C[C@H]1C(=O)N([C@@H](CCO)CO[Si](c2ccccc2)(c2ccccc2)C(C)(C)C)CCN1C(=O)OC(C)(C)C. The number of carbonyl (C=O) groups excluding carboxylic acids is 2. The van der Waals surface area contributed by atoms with Crippen LogP contribution in [0.1, 0.15) is 54.9 Å². The van der Waals surface area contributed by atoms with Crippen molar-refractivity contribution < 1.29 is 23.9 Å². The molecule has 0 saturated carbocycles. The van der Waals surface area contributed by atoms with Crippen molar-refractivity contribution in [3.63, 3.8) is 0 Å². The number of amides is 2. The van der Waals surface area contributed by atoms with Gasteiger partial charge in [0.15, 0.2) is 0 Å². The number of aliphatic hydroxyl groups is 1. The minimum absolute atomic E-state index is 0.0668. The third-order valence-corrected chi connectivity index (χ3v) is 12.1. The average molecular weight is 541 g/mol. The average Bonchev–Trinajstić information content (AvgIpc) is 2.85. The molecule has 1 saturated heterocycles. The molecule has 2 amide bonds. The third kappa shape index (κ3) is 6.47. The summed E-state index contributed by atoms with van der Waals surface area (Å²) in [6, 6.07) is 19.8. The highest BCUT2D eigenvalue weighted by molar-refractivity contribution is 6.99. The molecule has 2 aromatic rings. The number of rotatable bonds is 8. The van der Waals surface area contributed by atoms with Gasteiger partial charge in [0.05, 0.1) is 12.6 Å². The quantitative estimate of drug-likeness (QED) is 0.516. The Morgan fingerprint density at radius 2 is 1.50 bits per heavy atom. The highest BCUT2D eigenvalue weighted by Gasteiger charge is 2.51. The Bertz CT molecular complexity index is 1030. The Kier molecular flexibility index (Phi) is 9.44. The van der Waals surface area contributed by atoms with Crippen LogP contribution in [0.4, 0.5) is 4.79 Å². The molecule has 1 fully saturated rings. The van der Waals surface area contributed by atoms with E-state index in [2.05, 4.69) is 45.0 Å². The van der Waals surface area contributed by atoms with Crippen LogP contribution in [0.2, 0.25) is 5.04 Å². The van der Waals surface area contributed by atoms with Gasteiger partial charge >= 0.3 is 6.09 Å². The van der Waals surface area contributed by atoms with Crippen LogP contribution in [0, 0.1) is 0 Å².